The molecule has 2 heterocycles. The lowest BCUT2D eigenvalue weighted by Crippen LogP contribution is -2.36. The average Bonchev–Trinajstić information content (AvgIpc) is 3.14. The number of imide groups is 1. The van der Waals surface area contributed by atoms with Crippen molar-refractivity contribution in [2.75, 3.05) is 19.1 Å². The van der Waals surface area contributed by atoms with Crippen LogP contribution in [0.15, 0.2) is 23.3 Å². The molecule has 9 heteroatoms. The highest BCUT2D eigenvalue weighted by Gasteiger charge is 2.56. The number of hydrazone groups is 1. The van der Waals surface area contributed by atoms with Gasteiger partial charge in [-0.05, 0) is 25.1 Å². The first-order valence-corrected chi connectivity index (χ1v) is 7.39. The molecule has 1 saturated heterocycles. The maximum atomic E-state index is 12.8. The van der Waals surface area contributed by atoms with Crippen molar-refractivity contribution in [2.45, 2.75) is 13.0 Å². The van der Waals surface area contributed by atoms with Crippen LogP contribution in [0, 0.1) is 5.92 Å². The molecule has 3 rings (SSSR count). The molecule has 1 N–H and O–H groups in total. The molecule has 2 atom stereocenters. The van der Waals surface area contributed by atoms with Crippen molar-refractivity contribution >= 4 is 35.0 Å². The van der Waals surface area contributed by atoms with E-state index in [0.29, 0.717) is 5.56 Å². The van der Waals surface area contributed by atoms with Gasteiger partial charge >= 0.3 is 5.97 Å². The number of amides is 2. The van der Waals surface area contributed by atoms with Crippen LogP contribution in [0.25, 0.3) is 0 Å². The lowest BCUT2D eigenvalue weighted by molar-refractivity contribution is -0.133. The smallest absolute Gasteiger partial charge is 0.355 e. The van der Waals surface area contributed by atoms with Crippen molar-refractivity contribution in [3.63, 3.8) is 0 Å². The number of fused-ring (bicyclic) bond motifs is 1. The minimum Gasteiger partial charge on any atom is -0.495 e. The van der Waals surface area contributed by atoms with Gasteiger partial charge in [0.2, 0.25) is 5.91 Å². The van der Waals surface area contributed by atoms with Gasteiger partial charge in [-0.2, -0.15) is 5.10 Å². The molecule has 0 spiro atoms. The molecular formula is C16H15N3O6. The van der Waals surface area contributed by atoms with Crippen molar-refractivity contribution in [1.29, 1.82) is 0 Å². The molecular weight excluding hydrogens is 330 g/mol. The number of benzene rings is 1. The maximum Gasteiger partial charge on any atom is 0.355 e. The van der Waals surface area contributed by atoms with Crippen LogP contribution in [0.5, 0.6) is 5.75 Å². The van der Waals surface area contributed by atoms with Gasteiger partial charge in [0, 0.05) is 5.56 Å². The zero-order chi connectivity index (χ0) is 18.3. The number of nitrogens with one attached hydrogen (secondary N) is 1. The van der Waals surface area contributed by atoms with Gasteiger partial charge in [0.25, 0.3) is 5.91 Å². The highest BCUT2D eigenvalue weighted by Crippen LogP contribution is 2.36. The van der Waals surface area contributed by atoms with Gasteiger partial charge in [-0.25, -0.2) is 9.69 Å². The number of esters is 1. The third-order valence-electron chi connectivity index (χ3n) is 4.15. The van der Waals surface area contributed by atoms with E-state index in [1.807, 2.05) is 0 Å². The zero-order valence-corrected chi connectivity index (χ0v) is 13.7. The second-order valence-corrected chi connectivity index (χ2v) is 5.53. The van der Waals surface area contributed by atoms with E-state index in [1.165, 1.54) is 32.2 Å². The molecule has 0 aliphatic carbocycles. The number of carbonyl (C=O) groups excluding carboxylic acids is 4. The van der Waals surface area contributed by atoms with E-state index in [1.54, 1.807) is 0 Å². The maximum absolute atomic E-state index is 12.8. The molecule has 0 aromatic heterocycles. The van der Waals surface area contributed by atoms with Crippen molar-refractivity contribution in [3.8, 4) is 5.75 Å². The largest absolute Gasteiger partial charge is 0.495 e. The van der Waals surface area contributed by atoms with Crippen molar-refractivity contribution in [1.82, 2.24) is 5.43 Å². The number of ether oxygens (including phenoxy) is 2. The number of ketones is 1. The Morgan fingerprint density at radius 2 is 1.92 bits per heavy atom. The van der Waals surface area contributed by atoms with Gasteiger partial charge in [0.1, 0.15) is 17.7 Å². The molecule has 2 amide bonds. The van der Waals surface area contributed by atoms with Crippen LogP contribution in [0.2, 0.25) is 0 Å². The van der Waals surface area contributed by atoms with Gasteiger partial charge < -0.3 is 9.47 Å². The van der Waals surface area contributed by atoms with E-state index in [0.717, 1.165) is 12.0 Å². The van der Waals surface area contributed by atoms with Gasteiger partial charge in [0.05, 0.1) is 19.9 Å². The summed E-state index contributed by atoms with van der Waals surface area (Å²) in [7, 11) is 2.55. The second kappa shape index (κ2) is 6.00. The third kappa shape index (κ3) is 2.44. The Kier molecular flexibility index (Phi) is 3.99. The molecule has 1 aromatic carbocycles. The van der Waals surface area contributed by atoms with Gasteiger partial charge in [0.15, 0.2) is 11.5 Å². The summed E-state index contributed by atoms with van der Waals surface area (Å²) in [5.41, 5.74) is 2.82. The summed E-state index contributed by atoms with van der Waals surface area (Å²) in [6, 6.07) is 3.46. The van der Waals surface area contributed by atoms with E-state index >= 15 is 0 Å². The molecule has 25 heavy (non-hydrogen) atoms. The Labute approximate surface area is 142 Å². The summed E-state index contributed by atoms with van der Waals surface area (Å²) in [5, 5.41) is 3.75. The first-order chi connectivity index (χ1) is 11.9. The van der Waals surface area contributed by atoms with Crippen LogP contribution in [-0.2, 0) is 19.1 Å². The third-order valence-corrected chi connectivity index (χ3v) is 4.15. The number of Topliss-reactive ketones (excluding diaryl/α,β-unsaturated/α-hetero) is 1. The Morgan fingerprint density at radius 3 is 2.52 bits per heavy atom. The second-order valence-electron chi connectivity index (χ2n) is 5.53. The summed E-state index contributed by atoms with van der Waals surface area (Å²) >= 11 is 0. The number of methoxy groups -OCH3 is 2. The van der Waals surface area contributed by atoms with Gasteiger partial charge in [-0.1, -0.05) is 0 Å². The number of nitrogens with zero attached hydrogens (tertiary/aromatic N) is 2. The molecule has 0 saturated carbocycles. The summed E-state index contributed by atoms with van der Waals surface area (Å²) in [6.45, 7) is 1.37. The summed E-state index contributed by atoms with van der Waals surface area (Å²) in [6.07, 6.45) is 0. The molecule has 0 bridgehead atoms. The van der Waals surface area contributed by atoms with Crippen LogP contribution < -0.4 is 15.1 Å². The van der Waals surface area contributed by atoms with E-state index < -0.39 is 29.7 Å². The predicted molar refractivity (Wildman–Crippen MR) is 85.4 cm³/mol. The average molecular weight is 345 g/mol. The topological polar surface area (TPSA) is 114 Å². The summed E-state index contributed by atoms with van der Waals surface area (Å²) in [5.74, 6) is -3.06. The van der Waals surface area contributed by atoms with Crippen LogP contribution in [0.4, 0.5) is 5.69 Å². The molecule has 1 fully saturated rings. The molecule has 2 aliphatic heterocycles. The summed E-state index contributed by atoms with van der Waals surface area (Å²) in [4.78, 5) is 49.8. The fraction of sp³-hybridized carbons (Fsp3) is 0.312. The highest BCUT2D eigenvalue weighted by atomic mass is 16.5. The van der Waals surface area contributed by atoms with E-state index in [4.69, 9.17) is 4.74 Å². The van der Waals surface area contributed by atoms with Crippen LogP contribution in [-0.4, -0.2) is 49.5 Å². The highest BCUT2D eigenvalue weighted by molar-refractivity contribution is 6.46. The predicted octanol–water partition coefficient (Wildman–Crippen LogP) is -0.112. The Balaban J connectivity index is 2.05. The molecule has 2 unspecified atom stereocenters. The molecule has 2 aliphatic rings. The van der Waals surface area contributed by atoms with Gasteiger partial charge in [-0.3, -0.25) is 19.8 Å². The fourth-order valence-corrected chi connectivity index (χ4v) is 2.88. The normalized spacial score (nSPS) is 21.6. The summed E-state index contributed by atoms with van der Waals surface area (Å²) < 4.78 is 9.81. The van der Waals surface area contributed by atoms with Crippen LogP contribution in [0.1, 0.15) is 17.3 Å². The number of hydrogen-bond acceptors (Lipinski definition) is 8. The standard InChI is InChI=1S/C16H15N3O6/c1-7(20)8-4-5-10(24-2)9(6-8)19-14(21)11-12(15(19)22)17-18-13(11)16(23)25-3/h4-6,11-12,17H,1-3H3. The monoisotopic (exact) mass is 345 g/mol. The van der Waals surface area contributed by atoms with Crippen molar-refractivity contribution in [3.05, 3.63) is 23.8 Å². The Morgan fingerprint density at radius 1 is 1.20 bits per heavy atom. The molecule has 9 nitrogen and oxygen atoms in total. The molecule has 1 aromatic rings. The van der Waals surface area contributed by atoms with Gasteiger partial charge in [-0.15, -0.1) is 0 Å². The number of carbonyl (C=O) groups is 4. The number of anilines is 1. The van der Waals surface area contributed by atoms with E-state index in [9.17, 15) is 19.2 Å². The lowest BCUT2D eigenvalue weighted by Gasteiger charge is -2.19. The van der Waals surface area contributed by atoms with E-state index in [-0.39, 0.29) is 22.9 Å². The Bertz CT molecular complexity index is 831. The first kappa shape index (κ1) is 16.6. The van der Waals surface area contributed by atoms with Crippen LogP contribution >= 0.6 is 0 Å². The first-order valence-electron chi connectivity index (χ1n) is 7.39. The zero-order valence-electron chi connectivity index (χ0n) is 13.7. The fourth-order valence-electron chi connectivity index (χ4n) is 2.88. The van der Waals surface area contributed by atoms with Crippen molar-refractivity contribution < 1.29 is 28.7 Å². The van der Waals surface area contributed by atoms with Crippen LogP contribution in [0.3, 0.4) is 0 Å². The number of hydrogen-bond donors (Lipinski definition) is 1. The molecule has 130 valence electrons. The number of rotatable bonds is 4. The minimum absolute atomic E-state index is 0.144. The SMILES string of the molecule is COC(=O)C1=NNC2C(=O)N(c3cc(C(C)=O)ccc3OC)C(=O)C12. The van der Waals surface area contributed by atoms with E-state index in [2.05, 4.69) is 15.3 Å². The quantitative estimate of drug-likeness (QED) is 0.460. The Hall–Kier alpha value is -3.23. The minimum atomic E-state index is -1.08. The lowest BCUT2D eigenvalue weighted by atomic mass is 9.99. The van der Waals surface area contributed by atoms with Crippen molar-refractivity contribution in [2.24, 2.45) is 11.0 Å². The molecule has 0 radical (unpaired) electrons.